The van der Waals surface area contributed by atoms with E-state index in [1.165, 1.54) is 5.56 Å². The Balaban J connectivity index is 1.64. The van der Waals surface area contributed by atoms with Gasteiger partial charge in [0.05, 0.1) is 18.6 Å². The van der Waals surface area contributed by atoms with Gasteiger partial charge in [-0.3, -0.25) is 4.90 Å². The SMILES string of the molecule is Cc1[nH]cnc1CN1CCC2C(C)c3ccccc3N2C1=O. The van der Waals surface area contributed by atoms with E-state index >= 15 is 0 Å². The lowest BCUT2D eigenvalue weighted by atomic mass is 9.94. The predicted octanol–water partition coefficient (Wildman–Crippen LogP) is 3.04. The van der Waals surface area contributed by atoms with E-state index in [-0.39, 0.29) is 6.03 Å². The van der Waals surface area contributed by atoms with Gasteiger partial charge in [-0.25, -0.2) is 9.78 Å². The Morgan fingerprint density at radius 1 is 1.36 bits per heavy atom. The number of hydrogen-bond donors (Lipinski definition) is 1. The zero-order valence-electron chi connectivity index (χ0n) is 12.9. The Hall–Kier alpha value is -2.30. The molecule has 1 fully saturated rings. The highest BCUT2D eigenvalue weighted by Gasteiger charge is 2.43. The summed E-state index contributed by atoms with van der Waals surface area (Å²) in [7, 11) is 0. The van der Waals surface area contributed by atoms with Crippen molar-refractivity contribution in [1.82, 2.24) is 14.9 Å². The number of urea groups is 1. The first-order valence-corrected chi connectivity index (χ1v) is 7.82. The third-order valence-electron chi connectivity index (χ3n) is 5.04. The Bertz CT molecular complexity index is 723. The second-order valence-corrected chi connectivity index (χ2v) is 6.25. The average Bonchev–Trinajstić information content (AvgIpc) is 3.05. The molecule has 2 unspecified atom stereocenters. The molecule has 2 amide bonds. The number of benzene rings is 1. The number of amides is 2. The second-order valence-electron chi connectivity index (χ2n) is 6.25. The van der Waals surface area contributed by atoms with Gasteiger partial charge < -0.3 is 9.88 Å². The fourth-order valence-corrected chi connectivity index (χ4v) is 3.74. The summed E-state index contributed by atoms with van der Waals surface area (Å²) in [5, 5.41) is 0. The van der Waals surface area contributed by atoms with Crippen LogP contribution in [-0.2, 0) is 6.54 Å². The van der Waals surface area contributed by atoms with Crippen molar-refractivity contribution in [3.8, 4) is 0 Å². The van der Waals surface area contributed by atoms with E-state index in [0.717, 1.165) is 30.0 Å². The van der Waals surface area contributed by atoms with Gasteiger partial charge in [0.25, 0.3) is 0 Å². The van der Waals surface area contributed by atoms with E-state index in [2.05, 4.69) is 35.1 Å². The van der Waals surface area contributed by atoms with Crippen LogP contribution in [0.2, 0.25) is 0 Å². The summed E-state index contributed by atoms with van der Waals surface area (Å²) in [5.74, 6) is 0.411. The van der Waals surface area contributed by atoms with Gasteiger partial charge in [0.1, 0.15) is 0 Å². The second kappa shape index (κ2) is 4.87. The Kier molecular flexibility index (Phi) is 2.96. The third kappa shape index (κ3) is 1.85. The van der Waals surface area contributed by atoms with E-state index in [0.29, 0.717) is 18.5 Å². The van der Waals surface area contributed by atoms with Gasteiger partial charge in [0.2, 0.25) is 0 Å². The molecule has 4 rings (SSSR count). The maximum atomic E-state index is 13.0. The summed E-state index contributed by atoms with van der Waals surface area (Å²) >= 11 is 0. The molecule has 1 N–H and O–H groups in total. The topological polar surface area (TPSA) is 52.2 Å². The molecule has 0 saturated carbocycles. The molecule has 22 heavy (non-hydrogen) atoms. The fourth-order valence-electron chi connectivity index (χ4n) is 3.74. The maximum Gasteiger partial charge on any atom is 0.325 e. The molecule has 114 valence electrons. The maximum absolute atomic E-state index is 13.0. The van der Waals surface area contributed by atoms with Crippen molar-refractivity contribution in [3.05, 3.63) is 47.5 Å². The minimum Gasteiger partial charge on any atom is -0.348 e. The number of aromatic nitrogens is 2. The van der Waals surface area contributed by atoms with Crippen LogP contribution in [0, 0.1) is 6.92 Å². The van der Waals surface area contributed by atoms with Gasteiger partial charge in [-0.1, -0.05) is 25.1 Å². The first-order chi connectivity index (χ1) is 10.7. The molecule has 0 bridgehead atoms. The van der Waals surface area contributed by atoms with Crippen LogP contribution in [0.1, 0.15) is 36.2 Å². The van der Waals surface area contributed by atoms with E-state index in [9.17, 15) is 4.79 Å². The largest absolute Gasteiger partial charge is 0.348 e. The molecule has 1 saturated heterocycles. The summed E-state index contributed by atoms with van der Waals surface area (Å²) in [6.45, 7) is 5.59. The number of nitrogens with zero attached hydrogens (tertiary/aromatic N) is 3. The minimum atomic E-state index is 0.107. The van der Waals surface area contributed by atoms with Crippen LogP contribution in [0.4, 0.5) is 10.5 Å². The number of aryl methyl sites for hydroxylation is 1. The standard InChI is InChI=1S/C17H20N4O/c1-11-13-5-3-4-6-16(13)21-15(11)7-8-20(17(21)22)9-14-12(2)18-10-19-14/h3-6,10-11,15H,7-9H2,1-2H3,(H,18,19). The van der Waals surface area contributed by atoms with Crippen LogP contribution >= 0.6 is 0 Å². The molecule has 5 heteroatoms. The fraction of sp³-hybridized carbons (Fsp3) is 0.412. The van der Waals surface area contributed by atoms with Crippen molar-refractivity contribution in [3.63, 3.8) is 0 Å². The number of carbonyl (C=O) groups is 1. The smallest absolute Gasteiger partial charge is 0.325 e. The van der Waals surface area contributed by atoms with Gasteiger partial charge >= 0.3 is 6.03 Å². The van der Waals surface area contributed by atoms with Crippen molar-refractivity contribution in [2.45, 2.75) is 38.8 Å². The summed E-state index contributed by atoms with van der Waals surface area (Å²) in [6, 6.07) is 8.68. The van der Waals surface area contributed by atoms with E-state index in [4.69, 9.17) is 0 Å². The number of fused-ring (bicyclic) bond motifs is 3. The Morgan fingerprint density at radius 2 is 2.18 bits per heavy atom. The zero-order chi connectivity index (χ0) is 15.3. The lowest BCUT2D eigenvalue weighted by molar-refractivity contribution is 0.182. The lowest BCUT2D eigenvalue weighted by Gasteiger charge is -2.39. The molecule has 0 radical (unpaired) electrons. The number of para-hydroxylation sites is 1. The number of H-pyrrole nitrogens is 1. The minimum absolute atomic E-state index is 0.107. The summed E-state index contributed by atoms with van der Waals surface area (Å²) < 4.78 is 0. The summed E-state index contributed by atoms with van der Waals surface area (Å²) in [4.78, 5) is 24.3. The van der Waals surface area contributed by atoms with Gasteiger partial charge in [-0.15, -0.1) is 0 Å². The van der Waals surface area contributed by atoms with Crippen LogP contribution in [0.25, 0.3) is 0 Å². The molecule has 1 aromatic carbocycles. The van der Waals surface area contributed by atoms with E-state index in [1.54, 1.807) is 6.33 Å². The molecular weight excluding hydrogens is 276 g/mol. The predicted molar refractivity (Wildman–Crippen MR) is 84.9 cm³/mol. The normalized spacial score (nSPS) is 23.6. The van der Waals surface area contributed by atoms with Crippen molar-refractivity contribution in [1.29, 1.82) is 0 Å². The van der Waals surface area contributed by atoms with Gasteiger partial charge in [-0.2, -0.15) is 0 Å². The van der Waals surface area contributed by atoms with Crippen molar-refractivity contribution >= 4 is 11.7 Å². The highest BCUT2D eigenvalue weighted by atomic mass is 16.2. The number of rotatable bonds is 2. The van der Waals surface area contributed by atoms with Gasteiger partial charge in [-0.05, 0) is 25.0 Å². The molecule has 2 aliphatic rings. The quantitative estimate of drug-likeness (QED) is 0.926. The number of hydrogen-bond acceptors (Lipinski definition) is 2. The highest BCUT2D eigenvalue weighted by Crippen LogP contribution is 2.44. The molecule has 2 atom stereocenters. The number of anilines is 1. The molecule has 5 nitrogen and oxygen atoms in total. The Morgan fingerprint density at radius 3 is 2.95 bits per heavy atom. The molecule has 0 aliphatic carbocycles. The molecule has 0 spiro atoms. The average molecular weight is 296 g/mol. The van der Waals surface area contributed by atoms with Crippen LogP contribution in [0.3, 0.4) is 0 Å². The van der Waals surface area contributed by atoms with Crippen LogP contribution < -0.4 is 4.90 Å². The van der Waals surface area contributed by atoms with Crippen molar-refractivity contribution in [2.75, 3.05) is 11.4 Å². The third-order valence-corrected chi connectivity index (χ3v) is 5.04. The first kappa shape index (κ1) is 13.4. The summed E-state index contributed by atoms with van der Waals surface area (Å²) in [6.07, 6.45) is 2.69. The molecule has 2 aromatic rings. The van der Waals surface area contributed by atoms with E-state index in [1.807, 2.05) is 22.8 Å². The first-order valence-electron chi connectivity index (χ1n) is 7.82. The monoisotopic (exact) mass is 296 g/mol. The highest BCUT2D eigenvalue weighted by molar-refractivity contribution is 5.96. The zero-order valence-corrected chi connectivity index (χ0v) is 12.9. The van der Waals surface area contributed by atoms with Gasteiger partial charge in [0, 0.05) is 29.9 Å². The van der Waals surface area contributed by atoms with Crippen LogP contribution in [-0.4, -0.2) is 33.5 Å². The number of aromatic amines is 1. The van der Waals surface area contributed by atoms with Crippen LogP contribution in [0.15, 0.2) is 30.6 Å². The number of carbonyl (C=O) groups excluding carboxylic acids is 1. The van der Waals surface area contributed by atoms with Crippen molar-refractivity contribution < 1.29 is 4.79 Å². The van der Waals surface area contributed by atoms with Crippen LogP contribution in [0.5, 0.6) is 0 Å². The summed E-state index contributed by atoms with van der Waals surface area (Å²) in [5.41, 5.74) is 4.35. The molecule has 2 aliphatic heterocycles. The molecule has 3 heterocycles. The number of nitrogens with one attached hydrogen (secondary N) is 1. The lowest BCUT2D eigenvalue weighted by Crippen LogP contribution is -2.53. The number of imidazole rings is 1. The molecule has 1 aromatic heterocycles. The van der Waals surface area contributed by atoms with Gasteiger partial charge in [0.15, 0.2) is 0 Å². The Labute approximate surface area is 130 Å². The van der Waals surface area contributed by atoms with E-state index < -0.39 is 0 Å². The van der Waals surface area contributed by atoms with Crippen molar-refractivity contribution in [2.24, 2.45) is 0 Å². The molecular formula is C17H20N4O.